The second kappa shape index (κ2) is 6.19. The number of para-hydroxylation sites is 2. The number of rotatable bonds is 4. The Balaban J connectivity index is 2.17. The van der Waals surface area contributed by atoms with Gasteiger partial charge in [-0.15, -0.1) is 0 Å². The van der Waals surface area contributed by atoms with E-state index in [1.165, 1.54) is 13.0 Å². The van der Waals surface area contributed by atoms with Crippen molar-refractivity contribution in [3.8, 4) is 0 Å². The average molecular weight is 272 g/mol. The molecule has 0 unspecified atom stereocenters. The van der Waals surface area contributed by atoms with Crippen molar-refractivity contribution in [2.24, 2.45) is 0 Å². The molecule has 0 aliphatic heterocycles. The van der Waals surface area contributed by atoms with E-state index in [4.69, 9.17) is 0 Å². The van der Waals surface area contributed by atoms with Gasteiger partial charge in [-0.3, -0.25) is 4.79 Å². The first kappa shape index (κ1) is 14.1. The fraction of sp³-hybridized carbons (Fsp3) is 0.188. The van der Waals surface area contributed by atoms with Gasteiger partial charge in [-0.25, -0.2) is 4.39 Å². The van der Waals surface area contributed by atoms with Gasteiger partial charge in [0.1, 0.15) is 5.82 Å². The van der Waals surface area contributed by atoms with Gasteiger partial charge in [0.2, 0.25) is 5.91 Å². The molecule has 0 radical (unpaired) electrons. The van der Waals surface area contributed by atoms with Crippen LogP contribution in [0.1, 0.15) is 18.1 Å². The molecule has 2 aromatic rings. The van der Waals surface area contributed by atoms with E-state index in [-0.39, 0.29) is 11.7 Å². The molecule has 2 N–H and O–H groups in total. The van der Waals surface area contributed by atoms with Crippen LogP contribution < -0.4 is 10.6 Å². The first-order valence-corrected chi connectivity index (χ1v) is 6.42. The molecule has 0 heterocycles. The van der Waals surface area contributed by atoms with Crippen LogP contribution in [0.4, 0.5) is 15.8 Å². The van der Waals surface area contributed by atoms with Gasteiger partial charge in [0.15, 0.2) is 0 Å². The van der Waals surface area contributed by atoms with Crippen LogP contribution >= 0.6 is 0 Å². The largest absolute Gasteiger partial charge is 0.378 e. The standard InChI is InChI=1S/C16H17FN2O/c1-11-6-5-8-14(17)16(11)18-10-13-7-3-4-9-15(13)19-12(2)20/h3-9,18H,10H2,1-2H3,(H,19,20). The topological polar surface area (TPSA) is 41.1 Å². The predicted octanol–water partition coefficient (Wildman–Crippen LogP) is 3.70. The van der Waals surface area contributed by atoms with Crippen molar-refractivity contribution >= 4 is 17.3 Å². The molecule has 20 heavy (non-hydrogen) atoms. The molecule has 0 atom stereocenters. The molecule has 4 heteroatoms. The molecule has 0 bridgehead atoms. The lowest BCUT2D eigenvalue weighted by atomic mass is 10.1. The maximum absolute atomic E-state index is 13.7. The van der Waals surface area contributed by atoms with E-state index in [2.05, 4.69) is 10.6 Å². The van der Waals surface area contributed by atoms with E-state index < -0.39 is 0 Å². The quantitative estimate of drug-likeness (QED) is 0.891. The summed E-state index contributed by atoms with van der Waals surface area (Å²) < 4.78 is 13.7. The predicted molar refractivity (Wildman–Crippen MR) is 79.2 cm³/mol. The molecule has 0 saturated carbocycles. The number of amides is 1. The first-order chi connectivity index (χ1) is 9.58. The van der Waals surface area contributed by atoms with Crippen LogP contribution in [0, 0.1) is 12.7 Å². The smallest absolute Gasteiger partial charge is 0.221 e. The van der Waals surface area contributed by atoms with Gasteiger partial charge in [0.05, 0.1) is 5.69 Å². The molecule has 2 aromatic carbocycles. The number of carbonyl (C=O) groups excluding carboxylic acids is 1. The lowest BCUT2D eigenvalue weighted by Gasteiger charge is -2.13. The van der Waals surface area contributed by atoms with Gasteiger partial charge in [-0.05, 0) is 30.2 Å². The summed E-state index contributed by atoms with van der Waals surface area (Å²) in [6, 6.07) is 12.4. The highest BCUT2D eigenvalue weighted by Gasteiger charge is 2.07. The fourth-order valence-electron chi connectivity index (χ4n) is 2.03. The maximum atomic E-state index is 13.7. The average Bonchev–Trinajstić information content (AvgIpc) is 2.39. The van der Waals surface area contributed by atoms with Gasteiger partial charge >= 0.3 is 0 Å². The summed E-state index contributed by atoms with van der Waals surface area (Å²) in [6.45, 7) is 3.76. The van der Waals surface area contributed by atoms with Crippen molar-refractivity contribution in [2.75, 3.05) is 10.6 Å². The summed E-state index contributed by atoms with van der Waals surface area (Å²) in [4.78, 5) is 11.2. The summed E-state index contributed by atoms with van der Waals surface area (Å²) >= 11 is 0. The summed E-state index contributed by atoms with van der Waals surface area (Å²) in [5.41, 5.74) is 2.99. The molecule has 0 saturated heterocycles. The monoisotopic (exact) mass is 272 g/mol. The Hall–Kier alpha value is -2.36. The van der Waals surface area contributed by atoms with E-state index in [1.54, 1.807) is 6.07 Å². The van der Waals surface area contributed by atoms with Gasteiger partial charge in [-0.2, -0.15) is 0 Å². The van der Waals surface area contributed by atoms with E-state index in [0.717, 1.165) is 16.8 Å². The van der Waals surface area contributed by atoms with Crippen molar-refractivity contribution in [1.82, 2.24) is 0 Å². The Morgan fingerprint density at radius 2 is 1.90 bits per heavy atom. The molecule has 0 spiro atoms. The minimum Gasteiger partial charge on any atom is -0.378 e. The number of hydrogen-bond acceptors (Lipinski definition) is 2. The fourth-order valence-corrected chi connectivity index (χ4v) is 2.03. The summed E-state index contributed by atoms with van der Waals surface area (Å²) in [7, 11) is 0. The maximum Gasteiger partial charge on any atom is 0.221 e. The van der Waals surface area contributed by atoms with Crippen molar-refractivity contribution in [3.63, 3.8) is 0 Å². The molecule has 1 amide bonds. The van der Waals surface area contributed by atoms with Gasteiger partial charge < -0.3 is 10.6 Å². The van der Waals surface area contributed by atoms with Crippen LogP contribution in [-0.4, -0.2) is 5.91 Å². The third kappa shape index (κ3) is 3.35. The molecule has 0 aromatic heterocycles. The zero-order valence-electron chi connectivity index (χ0n) is 11.5. The van der Waals surface area contributed by atoms with E-state index >= 15 is 0 Å². The molecule has 3 nitrogen and oxygen atoms in total. The van der Waals surface area contributed by atoms with Crippen LogP contribution in [0.3, 0.4) is 0 Å². The van der Waals surface area contributed by atoms with Crippen molar-refractivity contribution in [2.45, 2.75) is 20.4 Å². The van der Waals surface area contributed by atoms with Crippen LogP contribution in [0.15, 0.2) is 42.5 Å². The number of nitrogens with one attached hydrogen (secondary N) is 2. The normalized spacial score (nSPS) is 10.2. The highest BCUT2D eigenvalue weighted by Crippen LogP contribution is 2.21. The van der Waals surface area contributed by atoms with Crippen LogP contribution in [0.25, 0.3) is 0 Å². The Kier molecular flexibility index (Phi) is 4.35. The highest BCUT2D eigenvalue weighted by molar-refractivity contribution is 5.89. The molecular weight excluding hydrogens is 255 g/mol. The minimum atomic E-state index is -0.276. The summed E-state index contributed by atoms with van der Waals surface area (Å²) in [5.74, 6) is -0.401. The van der Waals surface area contributed by atoms with Crippen molar-refractivity contribution in [1.29, 1.82) is 0 Å². The van der Waals surface area contributed by atoms with E-state index in [1.807, 2.05) is 37.3 Å². The van der Waals surface area contributed by atoms with Crippen molar-refractivity contribution in [3.05, 3.63) is 59.4 Å². The Bertz CT molecular complexity index is 605. The lowest BCUT2D eigenvalue weighted by Crippen LogP contribution is -2.10. The Labute approximate surface area is 117 Å². The SMILES string of the molecule is CC(=O)Nc1ccccc1CNc1c(C)cccc1F. The zero-order chi connectivity index (χ0) is 14.5. The number of benzene rings is 2. The number of anilines is 2. The van der Waals surface area contributed by atoms with Gasteiger partial charge in [0, 0.05) is 19.2 Å². The number of halogens is 1. The number of aryl methyl sites for hydroxylation is 1. The second-order valence-electron chi connectivity index (χ2n) is 4.62. The van der Waals surface area contributed by atoms with Crippen molar-refractivity contribution < 1.29 is 9.18 Å². The second-order valence-corrected chi connectivity index (χ2v) is 4.62. The zero-order valence-corrected chi connectivity index (χ0v) is 11.5. The Morgan fingerprint density at radius 3 is 2.60 bits per heavy atom. The molecule has 0 fully saturated rings. The van der Waals surface area contributed by atoms with Crippen LogP contribution in [0.5, 0.6) is 0 Å². The molecule has 0 aliphatic rings. The van der Waals surface area contributed by atoms with Crippen LogP contribution in [-0.2, 0) is 11.3 Å². The highest BCUT2D eigenvalue weighted by atomic mass is 19.1. The number of hydrogen-bond donors (Lipinski definition) is 2. The van der Waals surface area contributed by atoms with Crippen LogP contribution in [0.2, 0.25) is 0 Å². The number of carbonyl (C=O) groups is 1. The van der Waals surface area contributed by atoms with Gasteiger partial charge in [0.25, 0.3) is 0 Å². The summed E-state index contributed by atoms with van der Waals surface area (Å²) in [5, 5.41) is 5.85. The molecule has 2 rings (SSSR count). The molecular formula is C16H17FN2O. The molecule has 0 aliphatic carbocycles. The lowest BCUT2D eigenvalue weighted by molar-refractivity contribution is -0.114. The third-order valence-electron chi connectivity index (χ3n) is 3.01. The third-order valence-corrected chi connectivity index (χ3v) is 3.01. The Morgan fingerprint density at radius 1 is 1.15 bits per heavy atom. The molecule has 104 valence electrons. The van der Waals surface area contributed by atoms with Gasteiger partial charge in [-0.1, -0.05) is 30.3 Å². The minimum absolute atomic E-state index is 0.125. The first-order valence-electron chi connectivity index (χ1n) is 6.42. The summed E-state index contributed by atoms with van der Waals surface area (Å²) in [6.07, 6.45) is 0. The van der Waals surface area contributed by atoms with E-state index in [9.17, 15) is 9.18 Å². The van der Waals surface area contributed by atoms with E-state index in [0.29, 0.717) is 12.2 Å².